The lowest BCUT2D eigenvalue weighted by atomic mass is 10.0. The standard InChI is InChI=1S/C14H13F3N2O2/c15-14(16,17)11-5-10(4-3-9(11)7-18)19-12(6-13(20)21)8-1-2-8/h3-5,8,12,19H,1-2,6H2,(H,20,21). The van der Waals surface area contributed by atoms with Gasteiger partial charge in [0.1, 0.15) is 0 Å². The number of nitrogens with zero attached hydrogens (tertiary/aromatic N) is 1. The van der Waals surface area contributed by atoms with Crippen molar-refractivity contribution in [3.63, 3.8) is 0 Å². The Morgan fingerprint density at radius 3 is 2.62 bits per heavy atom. The quantitative estimate of drug-likeness (QED) is 0.875. The Kier molecular flexibility index (Phi) is 4.07. The number of carboxylic acids is 1. The van der Waals surface area contributed by atoms with Crippen LogP contribution in [0.1, 0.15) is 30.4 Å². The number of carbonyl (C=O) groups is 1. The average molecular weight is 298 g/mol. The summed E-state index contributed by atoms with van der Waals surface area (Å²) in [5.41, 5.74) is -1.28. The number of aliphatic carboxylic acids is 1. The molecular formula is C14H13F3N2O2. The number of anilines is 1. The van der Waals surface area contributed by atoms with Crippen molar-refractivity contribution in [1.82, 2.24) is 0 Å². The van der Waals surface area contributed by atoms with Crippen molar-refractivity contribution in [2.24, 2.45) is 5.92 Å². The first-order valence-corrected chi connectivity index (χ1v) is 6.41. The number of halogens is 3. The Hall–Kier alpha value is -2.23. The van der Waals surface area contributed by atoms with Gasteiger partial charge in [-0.2, -0.15) is 18.4 Å². The zero-order valence-electron chi connectivity index (χ0n) is 10.9. The molecule has 2 N–H and O–H groups in total. The molecule has 1 aliphatic carbocycles. The largest absolute Gasteiger partial charge is 0.481 e. The molecule has 0 radical (unpaired) electrons. The predicted molar refractivity (Wildman–Crippen MR) is 68.5 cm³/mol. The van der Waals surface area contributed by atoms with Crippen molar-refractivity contribution in [1.29, 1.82) is 5.26 Å². The molecule has 0 amide bonds. The smallest absolute Gasteiger partial charge is 0.417 e. The zero-order chi connectivity index (χ0) is 15.6. The van der Waals surface area contributed by atoms with E-state index in [0.717, 1.165) is 25.0 Å². The average Bonchev–Trinajstić information content (AvgIpc) is 3.20. The molecule has 0 saturated heterocycles. The van der Waals surface area contributed by atoms with Gasteiger partial charge in [0.15, 0.2) is 0 Å². The third-order valence-corrected chi connectivity index (χ3v) is 3.38. The highest BCUT2D eigenvalue weighted by Crippen LogP contribution is 2.37. The van der Waals surface area contributed by atoms with Crippen LogP contribution in [0.4, 0.5) is 18.9 Å². The van der Waals surface area contributed by atoms with Crippen LogP contribution in [0, 0.1) is 17.2 Å². The van der Waals surface area contributed by atoms with Crippen molar-refractivity contribution >= 4 is 11.7 Å². The Bertz CT molecular complexity index is 589. The van der Waals surface area contributed by atoms with E-state index in [2.05, 4.69) is 5.32 Å². The third-order valence-electron chi connectivity index (χ3n) is 3.38. The van der Waals surface area contributed by atoms with Crippen molar-refractivity contribution in [3.05, 3.63) is 29.3 Å². The van der Waals surface area contributed by atoms with Crippen LogP contribution in [0.15, 0.2) is 18.2 Å². The number of hydrogen-bond acceptors (Lipinski definition) is 3. The highest BCUT2D eigenvalue weighted by Gasteiger charge is 2.35. The summed E-state index contributed by atoms with van der Waals surface area (Å²) in [5, 5.41) is 20.4. The fourth-order valence-electron chi connectivity index (χ4n) is 2.20. The van der Waals surface area contributed by atoms with Gasteiger partial charge in [0.05, 0.1) is 23.6 Å². The Morgan fingerprint density at radius 2 is 2.14 bits per heavy atom. The van der Waals surface area contributed by atoms with E-state index in [1.165, 1.54) is 12.1 Å². The Morgan fingerprint density at radius 1 is 1.48 bits per heavy atom. The van der Waals surface area contributed by atoms with Gasteiger partial charge in [0.2, 0.25) is 0 Å². The summed E-state index contributed by atoms with van der Waals surface area (Å²) in [6.45, 7) is 0. The molecule has 1 aromatic rings. The van der Waals surface area contributed by atoms with E-state index in [1.807, 2.05) is 0 Å². The van der Waals surface area contributed by atoms with E-state index in [0.29, 0.717) is 0 Å². The molecule has 0 heterocycles. The van der Waals surface area contributed by atoms with Crippen molar-refractivity contribution in [2.75, 3.05) is 5.32 Å². The first-order chi connectivity index (χ1) is 9.81. The summed E-state index contributed by atoms with van der Waals surface area (Å²) >= 11 is 0. The molecule has 4 nitrogen and oxygen atoms in total. The summed E-state index contributed by atoms with van der Waals surface area (Å²) in [7, 11) is 0. The van der Waals surface area contributed by atoms with Crippen LogP contribution >= 0.6 is 0 Å². The lowest BCUT2D eigenvalue weighted by Gasteiger charge is -2.19. The van der Waals surface area contributed by atoms with Gasteiger partial charge >= 0.3 is 12.1 Å². The molecule has 1 aromatic carbocycles. The number of nitrogens with one attached hydrogen (secondary N) is 1. The van der Waals surface area contributed by atoms with Crippen molar-refractivity contribution in [3.8, 4) is 6.07 Å². The fourth-order valence-corrected chi connectivity index (χ4v) is 2.20. The van der Waals surface area contributed by atoms with Crippen molar-refractivity contribution in [2.45, 2.75) is 31.5 Å². The minimum atomic E-state index is -4.62. The van der Waals surface area contributed by atoms with Gasteiger partial charge < -0.3 is 10.4 Å². The van der Waals surface area contributed by atoms with E-state index in [4.69, 9.17) is 10.4 Å². The molecule has 112 valence electrons. The summed E-state index contributed by atoms with van der Waals surface area (Å²) < 4.78 is 38.6. The summed E-state index contributed by atoms with van der Waals surface area (Å²) in [5.74, 6) is -0.824. The third kappa shape index (κ3) is 3.88. The van der Waals surface area contributed by atoms with Crippen LogP contribution in [0.25, 0.3) is 0 Å². The predicted octanol–water partition coefficient (Wildman–Crippen LogP) is 3.24. The molecule has 1 unspecified atom stereocenters. The monoisotopic (exact) mass is 298 g/mol. The second-order valence-electron chi connectivity index (χ2n) is 5.06. The highest BCUT2D eigenvalue weighted by atomic mass is 19.4. The van der Waals surface area contributed by atoms with E-state index in [1.54, 1.807) is 0 Å². The summed E-state index contributed by atoms with van der Waals surface area (Å²) in [4.78, 5) is 10.8. The molecule has 0 spiro atoms. The molecule has 7 heteroatoms. The molecule has 21 heavy (non-hydrogen) atoms. The minimum Gasteiger partial charge on any atom is -0.481 e. The van der Waals surface area contributed by atoms with Gasteiger partial charge in [0.25, 0.3) is 0 Å². The van der Waals surface area contributed by atoms with Crippen LogP contribution in [-0.4, -0.2) is 17.1 Å². The van der Waals surface area contributed by atoms with E-state index in [-0.39, 0.29) is 18.0 Å². The molecule has 1 saturated carbocycles. The van der Waals surface area contributed by atoms with Crippen LogP contribution in [0.5, 0.6) is 0 Å². The van der Waals surface area contributed by atoms with Crippen LogP contribution < -0.4 is 5.32 Å². The lowest BCUT2D eigenvalue weighted by Crippen LogP contribution is -2.25. The van der Waals surface area contributed by atoms with Crippen molar-refractivity contribution < 1.29 is 23.1 Å². The van der Waals surface area contributed by atoms with Gasteiger partial charge in [-0.15, -0.1) is 0 Å². The van der Waals surface area contributed by atoms with Gasteiger partial charge in [-0.1, -0.05) is 0 Å². The number of rotatable bonds is 5. The number of benzene rings is 1. The molecule has 1 fully saturated rings. The first kappa shape index (κ1) is 15.2. The zero-order valence-corrected chi connectivity index (χ0v) is 10.9. The van der Waals surface area contributed by atoms with E-state index in [9.17, 15) is 18.0 Å². The lowest BCUT2D eigenvalue weighted by molar-refractivity contribution is -0.138. The number of alkyl halides is 3. The van der Waals surface area contributed by atoms with Crippen LogP contribution in [0.3, 0.4) is 0 Å². The molecule has 0 aliphatic heterocycles. The normalized spacial score (nSPS) is 16.1. The van der Waals surface area contributed by atoms with Crippen LogP contribution in [0.2, 0.25) is 0 Å². The molecule has 2 rings (SSSR count). The summed E-state index contributed by atoms with van der Waals surface area (Å²) in [6, 6.07) is 4.43. The molecular weight excluding hydrogens is 285 g/mol. The maximum Gasteiger partial charge on any atom is 0.417 e. The highest BCUT2D eigenvalue weighted by molar-refractivity contribution is 5.68. The molecule has 0 bridgehead atoms. The number of nitriles is 1. The first-order valence-electron chi connectivity index (χ1n) is 6.41. The van der Waals surface area contributed by atoms with E-state index < -0.39 is 29.3 Å². The topological polar surface area (TPSA) is 73.1 Å². The van der Waals surface area contributed by atoms with Gasteiger partial charge in [-0.3, -0.25) is 4.79 Å². The molecule has 1 atom stereocenters. The van der Waals surface area contributed by atoms with Gasteiger partial charge in [0, 0.05) is 11.7 Å². The number of carboxylic acid groups (broad SMARTS) is 1. The van der Waals surface area contributed by atoms with Gasteiger partial charge in [-0.05, 0) is 37.0 Å². The van der Waals surface area contributed by atoms with E-state index >= 15 is 0 Å². The molecule has 0 aromatic heterocycles. The second kappa shape index (κ2) is 5.64. The minimum absolute atomic E-state index is 0.147. The summed E-state index contributed by atoms with van der Waals surface area (Å²) in [6.07, 6.45) is -3.03. The maximum absolute atomic E-state index is 12.9. The Balaban J connectivity index is 2.24. The van der Waals surface area contributed by atoms with Crippen LogP contribution in [-0.2, 0) is 11.0 Å². The molecule has 1 aliphatic rings. The number of hydrogen-bond donors (Lipinski definition) is 2. The SMILES string of the molecule is N#Cc1ccc(NC(CC(=O)O)C2CC2)cc1C(F)(F)F. The van der Waals surface area contributed by atoms with Gasteiger partial charge in [-0.25, -0.2) is 0 Å². The second-order valence-corrected chi connectivity index (χ2v) is 5.06. The Labute approximate surface area is 119 Å². The fraction of sp³-hybridized carbons (Fsp3) is 0.429. The maximum atomic E-state index is 12.9.